The molecule has 0 radical (unpaired) electrons. The molecule has 19 heavy (non-hydrogen) atoms. The van der Waals surface area contributed by atoms with Crippen molar-refractivity contribution in [1.82, 2.24) is 14.8 Å². The van der Waals surface area contributed by atoms with Crippen LogP contribution in [0.25, 0.3) is 16.4 Å². The summed E-state index contributed by atoms with van der Waals surface area (Å²) in [5.74, 6) is 0.255. The number of nitrogens with zero attached hydrogens (tertiary/aromatic N) is 2. The zero-order valence-electron chi connectivity index (χ0n) is 9.43. The fraction of sp³-hybridized carbons (Fsp3) is 0. The summed E-state index contributed by atoms with van der Waals surface area (Å²) >= 11 is 9.96. The maximum Gasteiger partial charge on any atom is 0.200 e. The Balaban J connectivity index is 2.26. The van der Waals surface area contributed by atoms with Crippen molar-refractivity contribution in [3.63, 3.8) is 0 Å². The number of benzene rings is 1. The molecule has 0 saturated heterocycles. The van der Waals surface area contributed by atoms with Crippen LogP contribution in [0.4, 0.5) is 4.39 Å². The Labute approximate surface area is 125 Å². The van der Waals surface area contributed by atoms with E-state index in [1.807, 2.05) is 17.5 Å². The Morgan fingerprint density at radius 3 is 2.89 bits per heavy atom. The predicted molar refractivity (Wildman–Crippen MR) is 79.7 cm³/mol. The van der Waals surface area contributed by atoms with Crippen LogP contribution in [0.15, 0.2) is 40.2 Å². The van der Waals surface area contributed by atoms with Crippen LogP contribution < -0.4 is 0 Å². The average molecular weight is 356 g/mol. The van der Waals surface area contributed by atoms with Crippen LogP contribution >= 0.6 is 39.5 Å². The molecule has 7 heteroatoms. The molecule has 2 heterocycles. The fourth-order valence-corrected chi connectivity index (χ4v) is 3.02. The van der Waals surface area contributed by atoms with Crippen molar-refractivity contribution in [2.24, 2.45) is 0 Å². The van der Waals surface area contributed by atoms with Gasteiger partial charge in [0, 0.05) is 4.47 Å². The second-order valence-corrected chi connectivity index (χ2v) is 6.01. The number of aromatic amines is 1. The maximum absolute atomic E-state index is 14.1. The van der Waals surface area contributed by atoms with Gasteiger partial charge in [-0.25, -0.2) is 4.39 Å². The number of hydrogen-bond acceptors (Lipinski definition) is 3. The van der Waals surface area contributed by atoms with Crippen LogP contribution in [0.5, 0.6) is 0 Å². The molecule has 1 N–H and O–H groups in total. The number of H-pyrrole nitrogens is 1. The van der Waals surface area contributed by atoms with E-state index < -0.39 is 0 Å². The first-order chi connectivity index (χ1) is 9.16. The molecule has 96 valence electrons. The first-order valence-electron chi connectivity index (χ1n) is 5.33. The van der Waals surface area contributed by atoms with Crippen molar-refractivity contribution in [2.45, 2.75) is 0 Å². The average Bonchev–Trinajstić information content (AvgIpc) is 2.99. The van der Waals surface area contributed by atoms with Gasteiger partial charge in [0.15, 0.2) is 10.6 Å². The third kappa shape index (κ3) is 2.29. The summed E-state index contributed by atoms with van der Waals surface area (Å²) in [7, 11) is 0. The standard InChI is InChI=1S/C12H7BrFN3S2/c13-7-3-4-9(8(14)6-7)17-11(15-16-12(17)18)10-2-1-5-19-10/h1-6H,(H,16,18). The lowest BCUT2D eigenvalue weighted by molar-refractivity contribution is 0.617. The Morgan fingerprint density at radius 2 is 2.21 bits per heavy atom. The SMILES string of the molecule is Fc1cc(Br)ccc1-n1c(-c2cccs2)n[nH]c1=S. The van der Waals surface area contributed by atoms with Crippen LogP contribution in [0, 0.1) is 10.6 Å². The fourth-order valence-electron chi connectivity index (χ4n) is 1.75. The van der Waals surface area contributed by atoms with Gasteiger partial charge in [0.05, 0.1) is 10.6 Å². The van der Waals surface area contributed by atoms with Crippen LogP contribution in [-0.4, -0.2) is 14.8 Å². The molecule has 2 aromatic heterocycles. The molecule has 0 atom stereocenters. The Kier molecular flexibility index (Phi) is 3.34. The molecule has 0 aliphatic carbocycles. The Hall–Kier alpha value is -1.31. The van der Waals surface area contributed by atoms with Crippen molar-refractivity contribution >= 4 is 39.5 Å². The van der Waals surface area contributed by atoms with Gasteiger partial charge < -0.3 is 0 Å². The zero-order valence-corrected chi connectivity index (χ0v) is 12.6. The molecule has 3 aromatic rings. The molecule has 0 saturated carbocycles. The van der Waals surface area contributed by atoms with Gasteiger partial charge in [-0.2, -0.15) is 5.10 Å². The second-order valence-electron chi connectivity index (χ2n) is 3.76. The van der Waals surface area contributed by atoms with Crippen LogP contribution in [0.3, 0.4) is 0 Å². The number of hydrogen-bond donors (Lipinski definition) is 1. The molecule has 0 aliphatic heterocycles. The molecule has 1 aromatic carbocycles. The second kappa shape index (κ2) is 4.99. The van der Waals surface area contributed by atoms with Crippen molar-refractivity contribution in [3.05, 3.63) is 50.8 Å². The molecule has 3 nitrogen and oxygen atoms in total. The summed E-state index contributed by atoms with van der Waals surface area (Å²) in [6, 6.07) is 8.68. The highest BCUT2D eigenvalue weighted by Crippen LogP contribution is 2.27. The summed E-state index contributed by atoms with van der Waals surface area (Å²) in [5.41, 5.74) is 0.380. The molecular weight excluding hydrogens is 349 g/mol. The van der Waals surface area contributed by atoms with Crippen molar-refractivity contribution in [2.75, 3.05) is 0 Å². The van der Waals surface area contributed by atoms with Crippen molar-refractivity contribution in [3.8, 4) is 16.4 Å². The van der Waals surface area contributed by atoms with Gasteiger partial charge in [-0.3, -0.25) is 9.67 Å². The molecule has 0 aliphatic rings. The van der Waals surface area contributed by atoms with E-state index >= 15 is 0 Å². The molecule has 0 unspecified atom stereocenters. The first kappa shape index (κ1) is 12.7. The highest BCUT2D eigenvalue weighted by Gasteiger charge is 2.14. The third-order valence-electron chi connectivity index (χ3n) is 2.56. The van der Waals surface area contributed by atoms with E-state index in [0.717, 1.165) is 4.88 Å². The maximum atomic E-state index is 14.1. The Morgan fingerprint density at radius 1 is 1.37 bits per heavy atom. The number of aromatic nitrogens is 3. The van der Waals surface area contributed by atoms with Crippen LogP contribution in [0.1, 0.15) is 0 Å². The van der Waals surface area contributed by atoms with Gasteiger partial charge >= 0.3 is 0 Å². The molecule has 0 bridgehead atoms. The topological polar surface area (TPSA) is 33.6 Å². The van der Waals surface area contributed by atoms with Gasteiger partial charge in [0.1, 0.15) is 5.82 Å². The summed E-state index contributed by atoms with van der Waals surface area (Å²) in [6.07, 6.45) is 0. The minimum absolute atomic E-state index is 0.357. The van der Waals surface area contributed by atoms with Gasteiger partial charge in [-0.05, 0) is 41.9 Å². The monoisotopic (exact) mass is 355 g/mol. The third-order valence-corrected chi connectivity index (χ3v) is 4.20. The zero-order chi connectivity index (χ0) is 13.4. The van der Waals surface area contributed by atoms with E-state index in [2.05, 4.69) is 26.1 Å². The Bertz CT molecular complexity index is 777. The van der Waals surface area contributed by atoms with E-state index in [-0.39, 0.29) is 5.82 Å². The highest BCUT2D eigenvalue weighted by molar-refractivity contribution is 9.10. The minimum atomic E-state index is -0.357. The molecule has 0 fully saturated rings. The van der Waals surface area contributed by atoms with Gasteiger partial charge in [0.2, 0.25) is 0 Å². The van der Waals surface area contributed by atoms with E-state index in [9.17, 15) is 4.39 Å². The largest absolute Gasteiger partial charge is 0.264 e. The van der Waals surface area contributed by atoms with E-state index in [0.29, 0.717) is 20.8 Å². The molecular formula is C12H7BrFN3S2. The van der Waals surface area contributed by atoms with E-state index in [1.54, 1.807) is 16.7 Å². The summed E-state index contributed by atoms with van der Waals surface area (Å²) < 4.78 is 16.7. The van der Waals surface area contributed by atoms with Crippen LogP contribution in [-0.2, 0) is 0 Å². The molecule has 3 rings (SSSR count). The number of thiophene rings is 1. The minimum Gasteiger partial charge on any atom is -0.264 e. The first-order valence-corrected chi connectivity index (χ1v) is 7.41. The lowest BCUT2D eigenvalue weighted by Crippen LogP contribution is -2.00. The molecule has 0 amide bonds. The smallest absolute Gasteiger partial charge is 0.200 e. The van der Waals surface area contributed by atoms with Gasteiger partial charge in [0.25, 0.3) is 0 Å². The van der Waals surface area contributed by atoms with Gasteiger partial charge in [-0.1, -0.05) is 22.0 Å². The summed E-state index contributed by atoms with van der Waals surface area (Å²) in [6.45, 7) is 0. The lowest BCUT2D eigenvalue weighted by atomic mass is 10.3. The van der Waals surface area contributed by atoms with Gasteiger partial charge in [-0.15, -0.1) is 11.3 Å². The number of rotatable bonds is 2. The summed E-state index contributed by atoms with van der Waals surface area (Å²) in [4.78, 5) is 0.926. The summed E-state index contributed by atoms with van der Waals surface area (Å²) in [5, 5.41) is 8.83. The van der Waals surface area contributed by atoms with E-state index in [1.165, 1.54) is 17.4 Å². The van der Waals surface area contributed by atoms with E-state index in [4.69, 9.17) is 12.2 Å². The van der Waals surface area contributed by atoms with Crippen molar-refractivity contribution in [1.29, 1.82) is 0 Å². The quantitative estimate of drug-likeness (QED) is 0.683. The molecule has 0 spiro atoms. The van der Waals surface area contributed by atoms with Crippen molar-refractivity contribution < 1.29 is 4.39 Å². The lowest BCUT2D eigenvalue weighted by Gasteiger charge is -2.07. The van der Waals surface area contributed by atoms with Crippen LogP contribution in [0.2, 0.25) is 0 Å². The number of halogens is 2. The highest BCUT2D eigenvalue weighted by atomic mass is 79.9. The predicted octanol–water partition coefficient (Wildman–Crippen LogP) is 4.56. The number of nitrogens with one attached hydrogen (secondary N) is 1. The normalized spacial score (nSPS) is 10.8.